The molecule has 3 rings (SSSR count). The van der Waals surface area contributed by atoms with Crippen LogP contribution < -0.4 is 5.32 Å². The fourth-order valence-corrected chi connectivity index (χ4v) is 2.88. The van der Waals surface area contributed by atoms with Crippen LogP contribution in [0.2, 0.25) is 0 Å². The van der Waals surface area contributed by atoms with Gasteiger partial charge in [0, 0.05) is 12.2 Å². The standard InChI is InChI=1S/C26H27N/c1-21(2)20-27-25-18-16-22(17-19-25)10-9-15-26(23-11-5-3-6-12-23)24-13-7-4-8-14-24/h3-19,21,27H,20H2,1-2H3/b10-9+. The quantitative estimate of drug-likeness (QED) is 0.456. The third-order valence-corrected chi connectivity index (χ3v) is 4.35. The molecule has 136 valence electrons. The van der Waals surface area contributed by atoms with Gasteiger partial charge in [-0.1, -0.05) is 105 Å². The molecule has 1 N–H and O–H groups in total. The van der Waals surface area contributed by atoms with Crippen molar-refractivity contribution < 1.29 is 0 Å². The van der Waals surface area contributed by atoms with E-state index >= 15 is 0 Å². The van der Waals surface area contributed by atoms with Crippen LogP contribution in [0.3, 0.4) is 0 Å². The maximum atomic E-state index is 3.45. The molecule has 0 fully saturated rings. The molecule has 3 aromatic rings. The number of allylic oxidation sites excluding steroid dienone is 2. The first-order valence-electron chi connectivity index (χ1n) is 9.55. The second kappa shape index (κ2) is 9.59. The van der Waals surface area contributed by atoms with Gasteiger partial charge in [-0.3, -0.25) is 0 Å². The second-order valence-corrected chi connectivity index (χ2v) is 7.07. The molecule has 3 aromatic carbocycles. The zero-order valence-corrected chi connectivity index (χ0v) is 16.1. The summed E-state index contributed by atoms with van der Waals surface area (Å²) in [7, 11) is 0. The van der Waals surface area contributed by atoms with Crippen molar-refractivity contribution in [2.45, 2.75) is 13.8 Å². The van der Waals surface area contributed by atoms with Crippen molar-refractivity contribution >= 4 is 17.3 Å². The van der Waals surface area contributed by atoms with E-state index in [1.54, 1.807) is 0 Å². The molecular formula is C26H27N. The van der Waals surface area contributed by atoms with Gasteiger partial charge in [0.15, 0.2) is 0 Å². The number of hydrogen-bond donors (Lipinski definition) is 1. The van der Waals surface area contributed by atoms with Gasteiger partial charge < -0.3 is 5.32 Å². The Morgan fingerprint density at radius 1 is 0.778 bits per heavy atom. The normalized spacial score (nSPS) is 10.9. The minimum absolute atomic E-state index is 0.643. The summed E-state index contributed by atoms with van der Waals surface area (Å²) in [4.78, 5) is 0. The molecule has 0 amide bonds. The lowest BCUT2D eigenvalue weighted by molar-refractivity contribution is 0.689. The average molecular weight is 354 g/mol. The minimum Gasteiger partial charge on any atom is -0.385 e. The summed E-state index contributed by atoms with van der Waals surface area (Å²) in [5.74, 6) is 0.643. The molecule has 0 aliphatic heterocycles. The van der Waals surface area contributed by atoms with Gasteiger partial charge in [0.2, 0.25) is 0 Å². The van der Waals surface area contributed by atoms with E-state index < -0.39 is 0 Å². The van der Waals surface area contributed by atoms with Gasteiger partial charge in [-0.15, -0.1) is 0 Å². The lowest BCUT2D eigenvalue weighted by Crippen LogP contribution is -2.07. The van der Waals surface area contributed by atoms with Gasteiger partial charge >= 0.3 is 0 Å². The van der Waals surface area contributed by atoms with Crippen molar-refractivity contribution in [3.63, 3.8) is 0 Å². The highest BCUT2D eigenvalue weighted by Gasteiger charge is 2.02. The highest BCUT2D eigenvalue weighted by Crippen LogP contribution is 2.23. The summed E-state index contributed by atoms with van der Waals surface area (Å²) in [6.07, 6.45) is 6.47. The molecule has 0 unspecified atom stereocenters. The smallest absolute Gasteiger partial charge is 0.0340 e. The summed E-state index contributed by atoms with van der Waals surface area (Å²) < 4.78 is 0. The van der Waals surface area contributed by atoms with Gasteiger partial charge in [0.1, 0.15) is 0 Å². The largest absolute Gasteiger partial charge is 0.385 e. The van der Waals surface area contributed by atoms with Gasteiger partial charge in [0.25, 0.3) is 0 Å². The van der Waals surface area contributed by atoms with Crippen molar-refractivity contribution in [1.29, 1.82) is 0 Å². The number of anilines is 1. The van der Waals surface area contributed by atoms with Crippen LogP contribution in [0.4, 0.5) is 5.69 Å². The zero-order chi connectivity index (χ0) is 18.9. The van der Waals surface area contributed by atoms with Gasteiger partial charge in [0.05, 0.1) is 0 Å². The Hall–Kier alpha value is -3.06. The van der Waals surface area contributed by atoms with E-state index in [2.05, 4.69) is 122 Å². The van der Waals surface area contributed by atoms with Crippen LogP contribution >= 0.6 is 0 Å². The number of hydrogen-bond acceptors (Lipinski definition) is 1. The third-order valence-electron chi connectivity index (χ3n) is 4.35. The van der Waals surface area contributed by atoms with E-state index in [1.165, 1.54) is 28.0 Å². The molecule has 0 bridgehead atoms. The Morgan fingerprint density at radius 3 is 1.85 bits per heavy atom. The first-order chi connectivity index (χ1) is 13.2. The van der Waals surface area contributed by atoms with Crippen LogP contribution in [0.1, 0.15) is 30.5 Å². The minimum atomic E-state index is 0.643. The first kappa shape index (κ1) is 18.7. The van der Waals surface area contributed by atoms with E-state index in [4.69, 9.17) is 0 Å². The monoisotopic (exact) mass is 353 g/mol. The predicted octanol–water partition coefficient (Wildman–Crippen LogP) is 6.90. The van der Waals surface area contributed by atoms with E-state index in [-0.39, 0.29) is 0 Å². The maximum Gasteiger partial charge on any atom is 0.0340 e. The van der Waals surface area contributed by atoms with Crippen LogP contribution in [-0.2, 0) is 0 Å². The number of benzene rings is 3. The molecule has 0 aliphatic rings. The van der Waals surface area contributed by atoms with Crippen LogP contribution in [-0.4, -0.2) is 6.54 Å². The maximum absolute atomic E-state index is 3.45. The van der Waals surface area contributed by atoms with Crippen molar-refractivity contribution in [3.8, 4) is 0 Å². The van der Waals surface area contributed by atoms with Crippen molar-refractivity contribution in [1.82, 2.24) is 0 Å². The Balaban J connectivity index is 1.78. The van der Waals surface area contributed by atoms with Gasteiger partial charge in [-0.05, 0) is 40.3 Å². The molecule has 27 heavy (non-hydrogen) atoms. The molecule has 0 aromatic heterocycles. The summed E-state index contributed by atoms with van der Waals surface area (Å²) in [5, 5.41) is 3.45. The molecule has 0 atom stereocenters. The van der Waals surface area contributed by atoms with E-state index in [1.807, 2.05) is 0 Å². The summed E-state index contributed by atoms with van der Waals surface area (Å²) in [5.41, 5.74) is 6.04. The third kappa shape index (κ3) is 5.72. The Kier molecular flexibility index (Phi) is 6.65. The lowest BCUT2D eigenvalue weighted by Gasteiger charge is -2.09. The van der Waals surface area contributed by atoms with Crippen LogP contribution in [0.15, 0.2) is 97.1 Å². The number of rotatable bonds is 7. The van der Waals surface area contributed by atoms with Gasteiger partial charge in [-0.25, -0.2) is 0 Å². The van der Waals surface area contributed by atoms with Crippen LogP contribution in [0.25, 0.3) is 11.6 Å². The van der Waals surface area contributed by atoms with E-state index in [0.29, 0.717) is 5.92 Å². The predicted molar refractivity (Wildman–Crippen MR) is 119 cm³/mol. The first-order valence-corrected chi connectivity index (χ1v) is 9.55. The van der Waals surface area contributed by atoms with Gasteiger partial charge in [-0.2, -0.15) is 0 Å². The molecule has 1 heteroatoms. The Morgan fingerprint density at radius 2 is 1.33 bits per heavy atom. The molecule has 0 aliphatic carbocycles. The average Bonchev–Trinajstić information content (AvgIpc) is 2.72. The second-order valence-electron chi connectivity index (χ2n) is 7.07. The van der Waals surface area contributed by atoms with E-state index in [0.717, 1.165) is 6.54 Å². The SMILES string of the molecule is CC(C)CNc1ccc(/C=C/C=C(c2ccccc2)c2ccccc2)cc1. The fourth-order valence-electron chi connectivity index (χ4n) is 2.88. The molecule has 0 saturated heterocycles. The molecule has 1 nitrogen and oxygen atoms in total. The van der Waals surface area contributed by atoms with Crippen molar-refractivity contribution in [2.75, 3.05) is 11.9 Å². The molecule has 0 saturated carbocycles. The lowest BCUT2D eigenvalue weighted by atomic mass is 9.97. The highest BCUT2D eigenvalue weighted by atomic mass is 14.9. The Bertz CT molecular complexity index is 831. The summed E-state index contributed by atoms with van der Waals surface area (Å²) >= 11 is 0. The summed E-state index contributed by atoms with van der Waals surface area (Å²) in [6.45, 7) is 5.43. The van der Waals surface area contributed by atoms with Crippen LogP contribution in [0, 0.1) is 5.92 Å². The molecular weight excluding hydrogens is 326 g/mol. The van der Waals surface area contributed by atoms with E-state index in [9.17, 15) is 0 Å². The Labute approximate surface area is 163 Å². The van der Waals surface area contributed by atoms with Crippen molar-refractivity contribution in [3.05, 3.63) is 114 Å². The van der Waals surface area contributed by atoms with Crippen LogP contribution in [0.5, 0.6) is 0 Å². The summed E-state index contributed by atoms with van der Waals surface area (Å²) in [6, 6.07) is 29.6. The molecule has 0 radical (unpaired) electrons. The number of nitrogens with one attached hydrogen (secondary N) is 1. The topological polar surface area (TPSA) is 12.0 Å². The van der Waals surface area contributed by atoms with Crippen molar-refractivity contribution in [2.24, 2.45) is 5.92 Å². The highest BCUT2D eigenvalue weighted by molar-refractivity contribution is 5.81. The fraction of sp³-hybridized carbons (Fsp3) is 0.154. The zero-order valence-electron chi connectivity index (χ0n) is 16.1. The molecule has 0 heterocycles. The molecule has 0 spiro atoms.